The summed E-state index contributed by atoms with van der Waals surface area (Å²) in [6, 6.07) is 13.5. The zero-order valence-corrected chi connectivity index (χ0v) is 19.8. The molecule has 0 aromatic heterocycles. The van der Waals surface area contributed by atoms with Crippen molar-refractivity contribution in [3.63, 3.8) is 0 Å². The van der Waals surface area contributed by atoms with Gasteiger partial charge in [0.15, 0.2) is 9.84 Å². The number of aryl methyl sites for hydroxylation is 2. The Bertz CT molecular complexity index is 1260. The van der Waals surface area contributed by atoms with Gasteiger partial charge in [0.2, 0.25) is 10.0 Å². The number of benzene rings is 2. The Labute approximate surface area is 190 Å². The molecule has 170 valence electrons. The topological polar surface area (TPSA) is 80.8 Å². The number of hydrogen-bond acceptors (Lipinski definition) is 5. The number of ether oxygens (including phenoxy) is 1. The molecule has 0 bridgehead atoms. The summed E-state index contributed by atoms with van der Waals surface area (Å²) >= 11 is 0. The van der Waals surface area contributed by atoms with E-state index >= 15 is 0 Å². The zero-order valence-electron chi connectivity index (χ0n) is 18.2. The predicted molar refractivity (Wildman–Crippen MR) is 124 cm³/mol. The second-order valence-electron chi connectivity index (χ2n) is 8.40. The molecule has 0 N–H and O–H groups in total. The maximum atomic E-state index is 13.2. The average molecular weight is 474 g/mol. The van der Waals surface area contributed by atoms with Crippen LogP contribution in [-0.4, -0.2) is 52.7 Å². The molecule has 8 heteroatoms. The van der Waals surface area contributed by atoms with E-state index in [0.29, 0.717) is 12.2 Å². The Balaban J connectivity index is 1.53. The van der Waals surface area contributed by atoms with Crippen LogP contribution in [0.5, 0.6) is 0 Å². The van der Waals surface area contributed by atoms with Gasteiger partial charge in [-0.3, -0.25) is 0 Å². The third-order valence-electron chi connectivity index (χ3n) is 6.16. The molecule has 2 aromatic rings. The molecule has 0 spiro atoms. The van der Waals surface area contributed by atoms with Gasteiger partial charge < -0.3 is 4.74 Å². The molecule has 0 unspecified atom stereocenters. The molecule has 0 aliphatic carbocycles. The molecular weight excluding hydrogens is 446 g/mol. The molecule has 2 atom stereocenters. The van der Waals surface area contributed by atoms with Crippen molar-refractivity contribution in [2.45, 2.75) is 28.9 Å². The first kappa shape index (κ1) is 22.9. The van der Waals surface area contributed by atoms with Crippen LogP contribution in [0, 0.1) is 19.8 Å². The third-order valence-corrected chi connectivity index (χ3v) is 10.1. The van der Waals surface area contributed by atoms with Gasteiger partial charge >= 0.3 is 0 Å². The van der Waals surface area contributed by atoms with Gasteiger partial charge in [-0.05, 0) is 49.3 Å². The van der Waals surface area contributed by atoms with Crippen LogP contribution in [0.1, 0.15) is 11.1 Å². The molecule has 32 heavy (non-hydrogen) atoms. The van der Waals surface area contributed by atoms with Gasteiger partial charge in [0.1, 0.15) is 5.25 Å². The van der Waals surface area contributed by atoms with Crippen molar-refractivity contribution in [2.75, 3.05) is 26.3 Å². The number of rotatable bonds is 5. The first-order chi connectivity index (χ1) is 15.1. The molecule has 6 nitrogen and oxygen atoms in total. The van der Waals surface area contributed by atoms with E-state index in [1.165, 1.54) is 4.31 Å². The molecule has 0 saturated carbocycles. The van der Waals surface area contributed by atoms with Gasteiger partial charge in [0.05, 0.1) is 23.0 Å². The highest BCUT2D eigenvalue weighted by Gasteiger charge is 2.40. The normalized spacial score (nSPS) is 22.7. The summed E-state index contributed by atoms with van der Waals surface area (Å²) < 4.78 is 59.6. The van der Waals surface area contributed by atoms with Crippen LogP contribution in [0.4, 0.5) is 0 Å². The van der Waals surface area contributed by atoms with Crippen LogP contribution < -0.4 is 0 Å². The van der Waals surface area contributed by atoms with Crippen LogP contribution >= 0.6 is 0 Å². The molecular formula is C24H27NO5S2. The van der Waals surface area contributed by atoms with Crippen LogP contribution in [-0.2, 0) is 24.6 Å². The van der Waals surface area contributed by atoms with Gasteiger partial charge in [0.25, 0.3) is 0 Å². The minimum absolute atomic E-state index is 0.0458. The van der Waals surface area contributed by atoms with Gasteiger partial charge in [0, 0.05) is 19.0 Å². The maximum Gasteiger partial charge on any atom is 0.243 e. The SMILES string of the molecule is C=C1[C@@H](C2=CCN(S(=O)(=O)c3ccc(C)cc3)C2)COC[C@@H]1S(=O)(=O)c1ccc(C)cc1. The van der Waals surface area contributed by atoms with Crippen molar-refractivity contribution in [2.24, 2.45) is 5.92 Å². The summed E-state index contributed by atoms with van der Waals surface area (Å²) in [6.45, 7) is 8.70. The number of sulfonamides is 1. The lowest BCUT2D eigenvalue weighted by atomic mass is 9.89. The van der Waals surface area contributed by atoms with E-state index < -0.39 is 25.1 Å². The molecule has 2 aliphatic rings. The van der Waals surface area contributed by atoms with Crippen LogP contribution in [0.2, 0.25) is 0 Å². The zero-order chi connectivity index (χ0) is 23.1. The van der Waals surface area contributed by atoms with E-state index in [1.54, 1.807) is 48.5 Å². The molecule has 1 saturated heterocycles. The minimum Gasteiger partial charge on any atom is -0.379 e. The molecule has 2 aliphatic heterocycles. The first-order valence-corrected chi connectivity index (χ1v) is 13.4. The van der Waals surface area contributed by atoms with Crippen molar-refractivity contribution in [1.82, 2.24) is 4.31 Å². The summed E-state index contributed by atoms with van der Waals surface area (Å²) in [5.41, 5.74) is 3.35. The molecule has 2 aromatic carbocycles. The van der Waals surface area contributed by atoms with Crippen LogP contribution in [0.3, 0.4) is 0 Å². The van der Waals surface area contributed by atoms with Crippen molar-refractivity contribution in [3.8, 4) is 0 Å². The summed E-state index contributed by atoms with van der Waals surface area (Å²) in [4.78, 5) is 0.485. The fourth-order valence-corrected chi connectivity index (χ4v) is 7.15. The predicted octanol–water partition coefficient (Wildman–Crippen LogP) is 3.28. The highest BCUT2D eigenvalue weighted by molar-refractivity contribution is 7.92. The second kappa shape index (κ2) is 8.59. The Morgan fingerprint density at radius 2 is 1.44 bits per heavy atom. The quantitative estimate of drug-likeness (QED) is 0.623. The lowest BCUT2D eigenvalue weighted by Gasteiger charge is -2.33. The molecule has 1 fully saturated rings. The summed E-state index contributed by atoms with van der Waals surface area (Å²) in [6.07, 6.45) is 1.85. The van der Waals surface area contributed by atoms with E-state index in [1.807, 2.05) is 19.9 Å². The first-order valence-electron chi connectivity index (χ1n) is 10.4. The average Bonchev–Trinajstić information content (AvgIpc) is 3.25. The van der Waals surface area contributed by atoms with Crippen molar-refractivity contribution < 1.29 is 21.6 Å². The van der Waals surface area contributed by atoms with Gasteiger partial charge in [-0.25, -0.2) is 16.8 Å². The second-order valence-corrected chi connectivity index (χ2v) is 12.5. The number of hydrogen-bond donors (Lipinski definition) is 0. The van der Waals surface area contributed by atoms with Gasteiger partial charge in [-0.2, -0.15) is 4.31 Å². The van der Waals surface area contributed by atoms with Gasteiger partial charge in [-0.15, -0.1) is 0 Å². The Morgan fingerprint density at radius 1 is 0.875 bits per heavy atom. The van der Waals surface area contributed by atoms with E-state index in [-0.39, 0.29) is 35.4 Å². The summed E-state index contributed by atoms with van der Waals surface area (Å²) in [5, 5.41) is -0.868. The fraction of sp³-hybridized carbons (Fsp3) is 0.333. The standard InChI is InChI=1S/C24H27NO5S2/c1-17-4-8-21(9-5-17)31(26,27)24-16-30-15-23(19(24)3)20-12-13-25(14-20)32(28,29)22-10-6-18(2)7-11-22/h4-12,23-24H,3,13-16H2,1-2H3/t23-,24-/m0/s1. The van der Waals surface area contributed by atoms with Crippen molar-refractivity contribution in [3.05, 3.63) is 83.5 Å². The van der Waals surface area contributed by atoms with Crippen molar-refractivity contribution >= 4 is 19.9 Å². The number of sulfone groups is 1. The van der Waals surface area contributed by atoms with E-state index in [0.717, 1.165) is 16.7 Å². The molecule has 2 heterocycles. The van der Waals surface area contributed by atoms with E-state index in [2.05, 4.69) is 6.58 Å². The van der Waals surface area contributed by atoms with Crippen molar-refractivity contribution in [1.29, 1.82) is 0 Å². The smallest absolute Gasteiger partial charge is 0.243 e. The van der Waals surface area contributed by atoms with Crippen LogP contribution in [0.25, 0.3) is 0 Å². The number of nitrogens with zero attached hydrogens (tertiary/aromatic N) is 1. The monoisotopic (exact) mass is 473 g/mol. The lowest BCUT2D eigenvalue weighted by Crippen LogP contribution is -2.39. The lowest BCUT2D eigenvalue weighted by molar-refractivity contribution is 0.0962. The van der Waals surface area contributed by atoms with E-state index in [4.69, 9.17) is 4.74 Å². The highest BCUT2D eigenvalue weighted by atomic mass is 32.2. The molecule has 4 rings (SSSR count). The molecule has 0 amide bonds. The minimum atomic E-state index is -3.66. The Morgan fingerprint density at radius 3 is 2.03 bits per heavy atom. The van der Waals surface area contributed by atoms with E-state index in [9.17, 15) is 16.8 Å². The third kappa shape index (κ3) is 4.20. The van der Waals surface area contributed by atoms with Gasteiger partial charge in [-0.1, -0.05) is 48.0 Å². The largest absolute Gasteiger partial charge is 0.379 e. The summed E-state index contributed by atoms with van der Waals surface area (Å²) in [7, 11) is -7.30. The Hall–Kier alpha value is -2.26. The maximum absolute atomic E-state index is 13.2. The molecule has 0 radical (unpaired) electrons. The summed E-state index contributed by atoms with van der Waals surface area (Å²) in [5.74, 6) is -0.341. The van der Waals surface area contributed by atoms with Crippen LogP contribution in [0.15, 0.2) is 82.1 Å². The fourth-order valence-electron chi connectivity index (χ4n) is 4.10. The highest BCUT2D eigenvalue weighted by Crippen LogP contribution is 2.35. The Kier molecular flexibility index (Phi) is 6.15.